The molecule has 0 unspecified atom stereocenters. The summed E-state index contributed by atoms with van der Waals surface area (Å²) in [5.41, 5.74) is 4.11. The summed E-state index contributed by atoms with van der Waals surface area (Å²) in [6.45, 7) is 3.80. The van der Waals surface area contributed by atoms with E-state index in [1.165, 1.54) is 5.56 Å². The first-order chi connectivity index (χ1) is 13.1. The second-order valence-corrected chi connectivity index (χ2v) is 7.55. The molecule has 0 aliphatic heterocycles. The summed E-state index contributed by atoms with van der Waals surface area (Å²) in [5.74, 6) is 1.18. The normalized spacial score (nSPS) is 12.5. The lowest BCUT2D eigenvalue weighted by Gasteiger charge is -2.28. The van der Waals surface area contributed by atoms with Crippen molar-refractivity contribution in [3.8, 4) is 0 Å². The van der Waals surface area contributed by atoms with E-state index in [0.717, 1.165) is 35.4 Å². The second kappa shape index (κ2) is 9.61. The molecular formula is C21H22Cl3N3. The van der Waals surface area contributed by atoms with Gasteiger partial charge in [-0.2, -0.15) is 0 Å². The summed E-state index contributed by atoms with van der Waals surface area (Å²) in [7, 11) is 0. The van der Waals surface area contributed by atoms with E-state index in [9.17, 15) is 0 Å². The van der Waals surface area contributed by atoms with E-state index in [1.807, 2.05) is 24.3 Å². The maximum Gasteiger partial charge on any atom is 0.0737 e. The SMILES string of the molecule is C[C@@H](c1cccc(Nc2ccnc3cc(Cl)ccc23)c1)N(CCCl)CCCl. The Morgan fingerprint density at radius 3 is 2.56 bits per heavy atom. The Hall–Kier alpha value is -1.52. The lowest BCUT2D eigenvalue weighted by molar-refractivity contribution is 0.237. The van der Waals surface area contributed by atoms with Gasteiger partial charge in [0.2, 0.25) is 0 Å². The predicted molar refractivity (Wildman–Crippen MR) is 118 cm³/mol. The molecule has 0 amide bonds. The number of hydrogen-bond donors (Lipinski definition) is 1. The molecule has 0 saturated heterocycles. The molecule has 1 aromatic heterocycles. The minimum absolute atomic E-state index is 0.234. The van der Waals surface area contributed by atoms with Crippen molar-refractivity contribution in [1.82, 2.24) is 9.88 Å². The Kier molecular flexibility index (Phi) is 7.20. The Balaban J connectivity index is 1.86. The summed E-state index contributed by atoms with van der Waals surface area (Å²) in [4.78, 5) is 6.69. The molecule has 0 spiro atoms. The molecule has 3 nitrogen and oxygen atoms in total. The van der Waals surface area contributed by atoms with Gasteiger partial charge in [0, 0.05) is 58.9 Å². The summed E-state index contributed by atoms with van der Waals surface area (Å²) >= 11 is 18.0. The van der Waals surface area contributed by atoms with Crippen LogP contribution in [0.3, 0.4) is 0 Å². The highest BCUT2D eigenvalue weighted by atomic mass is 35.5. The molecule has 0 radical (unpaired) electrons. The van der Waals surface area contributed by atoms with Gasteiger partial charge in [-0.1, -0.05) is 23.7 Å². The van der Waals surface area contributed by atoms with Crippen molar-refractivity contribution < 1.29 is 0 Å². The van der Waals surface area contributed by atoms with Gasteiger partial charge in [-0.25, -0.2) is 0 Å². The molecule has 0 aliphatic rings. The maximum atomic E-state index is 6.08. The minimum Gasteiger partial charge on any atom is -0.355 e. The topological polar surface area (TPSA) is 28.2 Å². The van der Waals surface area contributed by atoms with Crippen LogP contribution in [-0.2, 0) is 0 Å². The summed E-state index contributed by atoms with van der Waals surface area (Å²) in [6.07, 6.45) is 1.79. The van der Waals surface area contributed by atoms with Crippen molar-refractivity contribution in [1.29, 1.82) is 0 Å². The van der Waals surface area contributed by atoms with Crippen LogP contribution < -0.4 is 5.32 Å². The largest absolute Gasteiger partial charge is 0.355 e. The Labute approximate surface area is 175 Å². The first-order valence-corrected chi connectivity index (χ1v) is 10.3. The third-order valence-electron chi connectivity index (χ3n) is 4.64. The zero-order valence-electron chi connectivity index (χ0n) is 15.1. The third kappa shape index (κ3) is 5.05. The number of hydrogen-bond acceptors (Lipinski definition) is 3. The van der Waals surface area contributed by atoms with Crippen LogP contribution in [0.2, 0.25) is 5.02 Å². The third-order valence-corrected chi connectivity index (χ3v) is 5.22. The molecule has 0 bridgehead atoms. The zero-order chi connectivity index (χ0) is 19.2. The summed E-state index contributed by atoms with van der Waals surface area (Å²) < 4.78 is 0. The van der Waals surface area contributed by atoms with Crippen LogP contribution >= 0.6 is 34.8 Å². The first-order valence-electron chi connectivity index (χ1n) is 8.89. The van der Waals surface area contributed by atoms with Gasteiger partial charge in [0.15, 0.2) is 0 Å². The van der Waals surface area contributed by atoms with Gasteiger partial charge in [-0.3, -0.25) is 9.88 Å². The van der Waals surface area contributed by atoms with Crippen molar-refractivity contribution in [3.63, 3.8) is 0 Å². The number of benzene rings is 2. The molecule has 27 heavy (non-hydrogen) atoms. The average Bonchev–Trinajstić information content (AvgIpc) is 2.67. The first kappa shape index (κ1) is 20.2. The second-order valence-electron chi connectivity index (χ2n) is 6.36. The number of halogens is 3. The van der Waals surface area contributed by atoms with Crippen molar-refractivity contribution in [2.75, 3.05) is 30.2 Å². The van der Waals surface area contributed by atoms with Crippen LogP contribution in [0.4, 0.5) is 11.4 Å². The van der Waals surface area contributed by atoms with Gasteiger partial charge < -0.3 is 5.32 Å². The van der Waals surface area contributed by atoms with E-state index in [1.54, 1.807) is 6.20 Å². The van der Waals surface area contributed by atoms with Crippen LogP contribution in [0.5, 0.6) is 0 Å². The van der Waals surface area contributed by atoms with Crippen LogP contribution in [-0.4, -0.2) is 34.7 Å². The lowest BCUT2D eigenvalue weighted by Crippen LogP contribution is -2.30. The molecule has 3 aromatic rings. The number of anilines is 2. The number of fused-ring (bicyclic) bond motifs is 1. The fourth-order valence-electron chi connectivity index (χ4n) is 3.19. The molecule has 0 aliphatic carbocycles. The van der Waals surface area contributed by atoms with Gasteiger partial charge in [0.1, 0.15) is 0 Å². The van der Waals surface area contributed by atoms with E-state index >= 15 is 0 Å². The molecule has 6 heteroatoms. The van der Waals surface area contributed by atoms with E-state index in [-0.39, 0.29) is 6.04 Å². The summed E-state index contributed by atoms with van der Waals surface area (Å²) in [6, 6.07) is 16.4. The standard InChI is InChI=1S/C21H22Cl3N3/c1-15(27(11-8-22)12-9-23)16-3-2-4-18(13-16)26-20-7-10-25-21-14-17(24)5-6-19(20)21/h2-7,10,13-15H,8-9,11-12H2,1H3,(H,25,26)/t15-/m0/s1. The fraction of sp³-hybridized carbons (Fsp3) is 0.286. The number of nitrogens with one attached hydrogen (secondary N) is 1. The van der Waals surface area contributed by atoms with E-state index < -0.39 is 0 Å². The van der Waals surface area contributed by atoms with E-state index in [0.29, 0.717) is 16.8 Å². The van der Waals surface area contributed by atoms with Crippen molar-refractivity contribution in [2.45, 2.75) is 13.0 Å². The molecule has 0 saturated carbocycles. The number of pyridine rings is 1. The van der Waals surface area contributed by atoms with Gasteiger partial charge in [-0.05, 0) is 48.9 Å². The highest BCUT2D eigenvalue weighted by molar-refractivity contribution is 6.31. The zero-order valence-corrected chi connectivity index (χ0v) is 17.4. The fourth-order valence-corrected chi connectivity index (χ4v) is 3.79. The lowest BCUT2D eigenvalue weighted by atomic mass is 10.1. The van der Waals surface area contributed by atoms with E-state index in [2.05, 4.69) is 46.4 Å². The smallest absolute Gasteiger partial charge is 0.0737 e. The number of aromatic nitrogens is 1. The van der Waals surface area contributed by atoms with Crippen molar-refractivity contribution in [3.05, 3.63) is 65.3 Å². The predicted octanol–water partition coefficient (Wildman–Crippen LogP) is 6.47. The van der Waals surface area contributed by atoms with Gasteiger partial charge >= 0.3 is 0 Å². The Morgan fingerprint density at radius 1 is 1.04 bits per heavy atom. The molecular weight excluding hydrogens is 401 g/mol. The number of rotatable bonds is 8. The summed E-state index contributed by atoms with van der Waals surface area (Å²) in [5, 5.41) is 5.23. The molecule has 2 aromatic carbocycles. The highest BCUT2D eigenvalue weighted by Crippen LogP contribution is 2.29. The highest BCUT2D eigenvalue weighted by Gasteiger charge is 2.15. The Morgan fingerprint density at radius 2 is 1.81 bits per heavy atom. The van der Waals surface area contributed by atoms with Crippen LogP contribution in [0.15, 0.2) is 54.7 Å². The molecule has 1 N–H and O–H groups in total. The Bertz CT molecular complexity index is 895. The van der Waals surface area contributed by atoms with E-state index in [4.69, 9.17) is 34.8 Å². The molecule has 142 valence electrons. The van der Waals surface area contributed by atoms with Crippen LogP contribution in [0, 0.1) is 0 Å². The van der Waals surface area contributed by atoms with Gasteiger partial charge in [-0.15, -0.1) is 23.2 Å². The minimum atomic E-state index is 0.234. The van der Waals surface area contributed by atoms with Crippen LogP contribution in [0.25, 0.3) is 10.9 Å². The van der Waals surface area contributed by atoms with Gasteiger partial charge in [0.05, 0.1) is 5.52 Å². The van der Waals surface area contributed by atoms with Crippen molar-refractivity contribution in [2.24, 2.45) is 0 Å². The van der Waals surface area contributed by atoms with Gasteiger partial charge in [0.25, 0.3) is 0 Å². The van der Waals surface area contributed by atoms with Crippen LogP contribution in [0.1, 0.15) is 18.5 Å². The number of nitrogens with zero attached hydrogens (tertiary/aromatic N) is 2. The number of alkyl halides is 2. The molecule has 0 fully saturated rings. The quantitative estimate of drug-likeness (QED) is 0.421. The van der Waals surface area contributed by atoms with Crippen molar-refractivity contribution >= 4 is 57.1 Å². The molecule has 1 heterocycles. The monoisotopic (exact) mass is 421 g/mol. The average molecular weight is 423 g/mol. The maximum absolute atomic E-state index is 6.08. The molecule has 3 rings (SSSR count). The molecule has 1 atom stereocenters.